The van der Waals surface area contributed by atoms with Crippen LogP contribution >= 0.6 is 23.2 Å². The van der Waals surface area contributed by atoms with E-state index < -0.39 is 5.54 Å². The number of nitrogens with two attached hydrogens (primary N) is 1. The Bertz CT molecular complexity index is 1360. The average Bonchev–Trinajstić information content (AvgIpc) is 3.47. The molecule has 0 radical (unpaired) electrons. The van der Waals surface area contributed by atoms with Crippen molar-refractivity contribution >= 4 is 53.8 Å². The minimum absolute atomic E-state index is 0.0796. The summed E-state index contributed by atoms with van der Waals surface area (Å²) in [5.74, 6) is 0.651. The number of hydrogen-bond acceptors (Lipinski definition) is 9. The minimum Gasteiger partial charge on any atom is -0.483 e. The van der Waals surface area contributed by atoms with Gasteiger partial charge in [0.15, 0.2) is 11.6 Å². The fraction of sp³-hybridized carbons (Fsp3) is 0.367. The molecule has 0 amide bonds. The van der Waals surface area contributed by atoms with Gasteiger partial charge in [0.1, 0.15) is 11.6 Å². The van der Waals surface area contributed by atoms with Gasteiger partial charge in [0.25, 0.3) is 12.9 Å². The van der Waals surface area contributed by atoms with Crippen LogP contribution in [-0.4, -0.2) is 50.7 Å². The molecule has 0 saturated heterocycles. The highest BCUT2D eigenvalue weighted by Crippen LogP contribution is 2.35. The maximum atomic E-state index is 13.0. The van der Waals surface area contributed by atoms with Crippen molar-refractivity contribution in [1.82, 2.24) is 15.3 Å². The zero-order valence-electron chi connectivity index (χ0n) is 23.5. The van der Waals surface area contributed by atoms with Crippen molar-refractivity contribution in [3.63, 3.8) is 0 Å². The van der Waals surface area contributed by atoms with Crippen LogP contribution in [0, 0.1) is 0 Å². The Morgan fingerprint density at radius 3 is 2.26 bits per heavy atom. The normalized spacial score (nSPS) is 15.0. The van der Waals surface area contributed by atoms with Gasteiger partial charge in [-0.1, -0.05) is 47.5 Å². The Balaban J connectivity index is 0.000000780. The van der Waals surface area contributed by atoms with Crippen molar-refractivity contribution in [3.05, 3.63) is 69.8 Å². The van der Waals surface area contributed by atoms with Crippen LogP contribution in [0.2, 0.25) is 10.0 Å². The molecular weight excluding hydrogens is 597 g/mol. The van der Waals surface area contributed by atoms with Gasteiger partial charge in [-0.15, -0.1) is 0 Å². The van der Waals surface area contributed by atoms with Crippen LogP contribution in [0.5, 0.6) is 0 Å². The molecule has 11 nitrogen and oxygen atoms in total. The van der Waals surface area contributed by atoms with Crippen LogP contribution in [0.25, 0.3) is 11.3 Å². The van der Waals surface area contributed by atoms with E-state index in [-0.39, 0.29) is 30.8 Å². The van der Waals surface area contributed by atoms with Gasteiger partial charge in [0.2, 0.25) is 0 Å². The molecule has 0 spiro atoms. The highest BCUT2D eigenvalue weighted by Gasteiger charge is 2.46. The van der Waals surface area contributed by atoms with Gasteiger partial charge < -0.3 is 26.0 Å². The highest BCUT2D eigenvalue weighted by atomic mass is 35.5. The van der Waals surface area contributed by atoms with Gasteiger partial charge in [-0.05, 0) is 68.7 Å². The summed E-state index contributed by atoms with van der Waals surface area (Å²) < 4.78 is 5.84. The molecule has 0 atom stereocenters. The lowest BCUT2D eigenvalue weighted by atomic mass is 9.76. The van der Waals surface area contributed by atoms with Gasteiger partial charge in [0.05, 0.1) is 11.9 Å². The number of ether oxygens (including phenoxy) is 1. The van der Waals surface area contributed by atoms with E-state index in [1.165, 1.54) is 0 Å². The Labute approximate surface area is 259 Å². The summed E-state index contributed by atoms with van der Waals surface area (Å²) >= 11 is 12.6. The number of carbonyl (C=O) groups is 3. The number of aromatic nitrogens is 2. The van der Waals surface area contributed by atoms with Gasteiger partial charge >= 0.3 is 5.97 Å². The topological polar surface area (TPSA) is 177 Å². The molecule has 1 heterocycles. The monoisotopic (exact) mass is 631 g/mol. The summed E-state index contributed by atoms with van der Waals surface area (Å²) in [5.41, 5.74) is 8.92. The first-order valence-corrected chi connectivity index (χ1v) is 14.5. The van der Waals surface area contributed by atoms with Crippen LogP contribution in [0.1, 0.15) is 56.1 Å². The molecule has 2 aliphatic rings. The Kier molecular flexibility index (Phi) is 13.0. The van der Waals surface area contributed by atoms with Crippen molar-refractivity contribution in [1.29, 1.82) is 0 Å². The Hall–Kier alpha value is -3.93. The van der Waals surface area contributed by atoms with Crippen molar-refractivity contribution in [2.75, 3.05) is 11.1 Å². The van der Waals surface area contributed by atoms with Crippen LogP contribution in [-0.2, 0) is 32.2 Å². The average molecular weight is 633 g/mol. The summed E-state index contributed by atoms with van der Waals surface area (Å²) in [4.78, 5) is 38.7. The number of nitrogens with zero attached hydrogens (tertiary/aromatic N) is 2. The van der Waals surface area contributed by atoms with Crippen molar-refractivity contribution < 1.29 is 29.3 Å². The largest absolute Gasteiger partial charge is 0.483 e. The minimum atomic E-state index is -0.573. The first-order valence-electron chi connectivity index (χ1n) is 13.8. The Morgan fingerprint density at radius 2 is 1.65 bits per heavy atom. The molecular formula is C30H35Cl2N5O6. The van der Waals surface area contributed by atoms with E-state index in [0.717, 1.165) is 61.6 Å². The van der Waals surface area contributed by atoms with E-state index in [1.807, 2.05) is 18.2 Å². The molecule has 43 heavy (non-hydrogen) atoms. The summed E-state index contributed by atoms with van der Waals surface area (Å²) in [6, 6.07) is 13.4. The van der Waals surface area contributed by atoms with Crippen LogP contribution in [0.4, 0.5) is 11.6 Å². The molecule has 13 heteroatoms. The lowest BCUT2D eigenvalue weighted by molar-refractivity contribution is -0.161. The van der Waals surface area contributed by atoms with E-state index in [1.54, 1.807) is 24.4 Å². The fourth-order valence-electron chi connectivity index (χ4n) is 4.91. The number of esters is 1. The molecule has 5 rings (SSSR count). The molecule has 2 fully saturated rings. The lowest BCUT2D eigenvalue weighted by Gasteiger charge is -2.40. The fourth-order valence-corrected chi connectivity index (χ4v) is 5.44. The number of carboxylic acid groups (broad SMARTS) is 2. The predicted octanol–water partition coefficient (Wildman–Crippen LogP) is 5.54. The first-order chi connectivity index (χ1) is 20.8. The second-order valence-electron chi connectivity index (χ2n) is 10.1. The van der Waals surface area contributed by atoms with E-state index in [9.17, 15) is 4.79 Å². The van der Waals surface area contributed by atoms with Crippen LogP contribution in [0.3, 0.4) is 0 Å². The lowest BCUT2D eigenvalue weighted by Crippen LogP contribution is -2.58. The standard InChI is InChI=1S/C28H31Cl2N5O2.2CH2O2/c29-22-10-4-11-23(30)21(22)16-33-26-25(31)32-17-24(35-26)19-7-3-6-18(14-19)15-34-28(12-5-13-28)27(36)37-20-8-1-2-9-20;2*2-1-3/h3-4,6-7,10-11,14,17,20,34H,1-2,5,8-9,12-13,15-16H2,(H2,31,32)(H,33,35);2*1H,(H,2,3). The number of nitrogens with one attached hydrogen (secondary N) is 2. The van der Waals surface area contributed by atoms with Gasteiger partial charge in [0, 0.05) is 34.3 Å². The van der Waals surface area contributed by atoms with E-state index in [4.69, 9.17) is 58.5 Å². The number of benzene rings is 2. The number of carbonyl (C=O) groups excluding carboxylic acids is 1. The number of hydrogen-bond donors (Lipinski definition) is 5. The molecule has 230 valence electrons. The molecule has 3 aromatic rings. The molecule has 1 aromatic heterocycles. The molecule has 0 aliphatic heterocycles. The first kappa shape index (κ1) is 33.6. The number of nitrogen functional groups attached to an aromatic ring is 1. The second-order valence-corrected chi connectivity index (χ2v) is 10.9. The summed E-state index contributed by atoms with van der Waals surface area (Å²) in [5, 5.41) is 21.6. The van der Waals surface area contributed by atoms with Crippen LogP contribution < -0.4 is 16.4 Å². The number of halogens is 2. The third-order valence-corrected chi connectivity index (χ3v) is 8.03. The number of anilines is 2. The summed E-state index contributed by atoms with van der Waals surface area (Å²) in [7, 11) is 0. The quantitative estimate of drug-likeness (QED) is 0.148. The third-order valence-electron chi connectivity index (χ3n) is 7.32. The number of rotatable bonds is 9. The molecule has 0 unspecified atom stereocenters. The maximum Gasteiger partial charge on any atom is 0.326 e. The molecule has 2 aromatic carbocycles. The second kappa shape index (κ2) is 16.6. The summed E-state index contributed by atoms with van der Waals surface area (Å²) in [6.45, 7) is 0.427. The predicted molar refractivity (Wildman–Crippen MR) is 165 cm³/mol. The summed E-state index contributed by atoms with van der Waals surface area (Å²) in [6.07, 6.45) is 8.64. The zero-order chi connectivity index (χ0) is 31.2. The van der Waals surface area contributed by atoms with Crippen molar-refractivity contribution in [2.45, 2.75) is 69.7 Å². The highest BCUT2D eigenvalue weighted by molar-refractivity contribution is 6.36. The van der Waals surface area contributed by atoms with E-state index >= 15 is 0 Å². The third kappa shape index (κ3) is 9.28. The van der Waals surface area contributed by atoms with Gasteiger partial charge in [-0.2, -0.15) is 0 Å². The van der Waals surface area contributed by atoms with E-state index in [2.05, 4.69) is 21.7 Å². The van der Waals surface area contributed by atoms with E-state index in [0.29, 0.717) is 34.6 Å². The molecule has 0 bridgehead atoms. The van der Waals surface area contributed by atoms with Crippen LogP contribution in [0.15, 0.2) is 48.7 Å². The van der Waals surface area contributed by atoms with Gasteiger partial charge in [-0.25, -0.2) is 9.97 Å². The zero-order valence-corrected chi connectivity index (χ0v) is 25.0. The SMILES string of the molecule is Nc1ncc(-c2cccc(CNC3(C(=O)OC4CCCC4)CCC3)c2)nc1NCc1c(Cl)cccc1Cl.O=CO.O=CO. The van der Waals surface area contributed by atoms with Crippen molar-refractivity contribution in [2.24, 2.45) is 0 Å². The Morgan fingerprint density at radius 1 is 1.02 bits per heavy atom. The molecule has 2 saturated carbocycles. The molecule has 2 aliphatic carbocycles. The molecule has 6 N–H and O–H groups in total. The smallest absolute Gasteiger partial charge is 0.326 e. The van der Waals surface area contributed by atoms with Crippen molar-refractivity contribution in [3.8, 4) is 11.3 Å². The van der Waals surface area contributed by atoms with Gasteiger partial charge in [-0.3, -0.25) is 19.7 Å². The maximum absolute atomic E-state index is 13.0.